The number of nitrogens with one attached hydrogen (secondary N) is 1. The predicted molar refractivity (Wildman–Crippen MR) is 68.3 cm³/mol. The summed E-state index contributed by atoms with van der Waals surface area (Å²) in [6.07, 6.45) is 0.360. The molecule has 1 N–H and O–H groups in total. The van der Waals surface area contributed by atoms with Crippen LogP contribution in [-0.2, 0) is 11.2 Å². The number of rotatable bonds is 5. The molecular weight excluding hydrogens is 245 g/mol. The average molecular weight is 260 g/mol. The average Bonchev–Trinajstić information content (AvgIpc) is 2.22. The standard InChI is InChI=1S/C12H15Cl2NO/c1-8(7-15-2)12(16)5-9-3-4-10(13)6-11(9)14/h3-4,6,8,15H,5,7H2,1-2H3. The zero-order chi connectivity index (χ0) is 12.1. The number of ketones is 1. The van der Waals surface area contributed by atoms with Gasteiger partial charge in [0.05, 0.1) is 0 Å². The maximum absolute atomic E-state index is 11.8. The molecule has 0 bridgehead atoms. The van der Waals surface area contributed by atoms with E-state index in [4.69, 9.17) is 23.2 Å². The SMILES string of the molecule is CNCC(C)C(=O)Cc1ccc(Cl)cc1Cl. The lowest BCUT2D eigenvalue weighted by molar-refractivity contribution is -0.121. The molecule has 16 heavy (non-hydrogen) atoms. The molecule has 88 valence electrons. The van der Waals surface area contributed by atoms with Crippen molar-refractivity contribution in [3.8, 4) is 0 Å². The summed E-state index contributed by atoms with van der Waals surface area (Å²) in [7, 11) is 1.83. The van der Waals surface area contributed by atoms with Crippen LogP contribution in [0.2, 0.25) is 10.0 Å². The third kappa shape index (κ3) is 3.78. The van der Waals surface area contributed by atoms with Crippen LogP contribution >= 0.6 is 23.2 Å². The summed E-state index contributed by atoms with van der Waals surface area (Å²) >= 11 is 11.8. The highest BCUT2D eigenvalue weighted by atomic mass is 35.5. The lowest BCUT2D eigenvalue weighted by Gasteiger charge is -2.10. The molecule has 0 aromatic heterocycles. The topological polar surface area (TPSA) is 29.1 Å². The summed E-state index contributed by atoms with van der Waals surface area (Å²) in [4.78, 5) is 11.8. The van der Waals surface area contributed by atoms with Crippen molar-refractivity contribution in [2.45, 2.75) is 13.3 Å². The molecule has 0 aliphatic heterocycles. The van der Waals surface area contributed by atoms with Gasteiger partial charge in [0.1, 0.15) is 5.78 Å². The Bertz CT molecular complexity index is 379. The number of carbonyl (C=O) groups excluding carboxylic acids is 1. The Kier molecular flexibility index (Phi) is 5.26. The highest BCUT2D eigenvalue weighted by molar-refractivity contribution is 6.35. The molecule has 0 radical (unpaired) electrons. The molecule has 0 saturated carbocycles. The zero-order valence-electron chi connectivity index (χ0n) is 9.39. The van der Waals surface area contributed by atoms with E-state index in [2.05, 4.69) is 5.32 Å². The van der Waals surface area contributed by atoms with Gasteiger partial charge in [-0.05, 0) is 24.7 Å². The summed E-state index contributed by atoms with van der Waals surface area (Å²) < 4.78 is 0. The van der Waals surface area contributed by atoms with Gasteiger partial charge in [-0.2, -0.15) is 0 Å². The van der Waals surface area contributed by atoms with Crippen molar-refractivity contribution >= 4 is 29.0 Å². The van der Waals surface area contributed by atoms with Crippen LogP contribution in [0, 0.1) is 5.92 Å². The lowest BCUT2D eigenvalue weighted by atomic mass is 9.99. The van der Waals surface area contributed by atoms with Gasteiger partial charge in [0, 0.05) is 28.9 Å². The van der Waals surface area contributed by atoms with Gasteiger partial charge in [-0.25, -0.2) is 0 Å². The molecule has 1 unspecified atom stereocenters. The Balaban J connectivity index is 2.69. The first-order valence-electron chi connectivity index (χ1n) is 5.16. The summed E-state index contributed by atoms with van der Waals surface area (Å²) in [5, 5.41) is 4.12. The first-order chi connectivity index (χ1) is 7.54. The lowest BCUT2D eigenvalue weighted by Crippen LogP contribution is -2.24. The predicted octanol–water partition coefficient (Wildman–Crippen LogP) is 2.96. The van der Waals surface area contributed by atoms with Crippen LogP contribution < -0.4 is 5.32 Å². The van der Waals surface area contributed by atoms with E-state index in [0.29, 0.717) is 23.0 Å². The van der Waals surface area contributed by atoms with Crippen LogP contribution in [0.3, 0.4) is 0 Å². The van der Waals surface area contributed by atoms with Gasteiger partial charge in [-0.3, -0.25) is 4.79 Å². The van der Waals surface area contributed by atoms with Crippen LogP contribution in [0.15, 0.2) is 18.2 Å². The summed E-state index contributed by atoms with van der Waals surface area (Å²) in [6, 6.07) is 5.21. The second-order valence-electron chi connectivity index (χ2n) is 3.84. The molecule has 1 aromatic rings. The maximum Gasteiger partial charge on any atom is 0.141 e. The number of halogens is 2. The smallest absolute Gasteiger partial charge is 0.141 e. The Morgan fingerprint density at radius 3 is 2.69 bits per heavy atom. The Hall–Kier alpha value is -0.570. The molecule has 0 saturated heterocycles. The van der Waals surface area contributed by atoms with Crippen LogP contribution in [0.5, 0.6) is 0 Å². The normalized spacial score (nSPS) is 12.5. The number of hydrogen-bond donors (Lipinski definition) is 1. The van der Waals surface area contributed by atoms with Gasteiger partial charge < -0.3 is 5.32 Å². The van der Waals surface area contributed by atoms with Crippen molar-refractivity contribution in [2.24, 2.45) is 5.92 Å². The minimum Gasteiger partial charge on any atom is -0.319 e. The highest BCUT2D eigenvalue weighted by Crippen LogP contribution is 2.22. The molecular formula is C12H15Cl2NO. The van der Waals surface area contributed by atoms with Gasteiger partial charge in [0.2, 0.25) is 0 Å². The first kappa shape index (κ1) is 13.5. The van der Waals surface area contributed by atoms with E-state index in [-0.39, 0.29) is 11.7 Å². The molecule has 1 rings (SSSR count). The van der Waals surface area contributed by atoms with E-state index in [1.807, 2.05) is 14.0 Å². The van der Waals surface area contributed by atoms with Gasteiger partial charge in [-0.1, -0.05) is 36.2 Å². The second-order valence-corrected chi connectivity index (χ2v) is 4.68. The molecule has 0 heterocycles. The van der Waals surface area contributed by atoms with Crippen molar-refractivity contribution in [1.29, 1.82) is 0 Å². The Labute approximate surface area is 106 Å². The molecule has 1 aromatic carbocycles. The third-order valence-corrected chi connectivity index (χ3v) is 3.03. The molecule has 1 atom stereocenters. The van der Waals surface area contributed by atoms with E-state index in [1.54, 1.807) is 18.2 Å². The van der Waals surface area contributed by atoms with E-state index >= 15 is 0 Å². The Morgan fingerprint density at radius 2 is 2.12 bits per heavy atom. The number of carbonyl (C=O) groups is 1. The van der Waals surface area contributed by atoms with Gasteiger partial charge in [-0.15, -0.1) is 0 Å². The summed E-state index contributed by atoms with van der Waals surface area (Å²) in [6.45, 7) is 2.59. The molecule has 0 fully saturated rings. The third-order valence-electron chi connectivity index (χ3n) is 2.44. The number of hydrogen-bond acceptors (Lipinski definition) is 2. The van der Waals surface area contributed by atoms with Crippen molar-refractivity contribution in [2.75, 3.05) is 13.6 Å². The van der Waals surface area contributed by atoms with Crippen molar-refractivity contribution < 1.29 is 4.79 Å². The zero-order valence-corrected chi connectivity index (χ0v) is 10.9. The van der Waals surface area contributed by atoms with Crippen LogP contribution in [0.1, 0.15) is 12.5 Å². The molecule has 0 spiro atoms. The van der Waals surface area contributed by atoms with Crippen LogP contribution in [0.4, 0.5) is 0 Å². The minimum atomic E-state index is -0.00301. The summed E-state index contributed by atoms with van der Waals surface area (Å²) in [5.41, 5.74) is 0.832. The minimum absolute atomic E-state index is 0.00301. The molecule has 2 nitrogen and oxygen atoms in total. The fraction of sp³-hybridized carbons (Fsp3) is 0.417. The van der Waals surface area contributed by atoms with Crippen molar-refractivity contribution in [3.63, 3.8) is 0 Å². The van der Waals surface area contributed by atoms with E-state index in [1.165, 1.54) is 0 Å². The Morgan fingerprint density at radius 1 is 1.44 bits per heavy atom. The van der Waals surface area contributed by atoms with Crippen LogP contribution in [-0.4, -0.2) is 19.4 Å². The second kappa shape index (κ2) is 6.24. The molecule has 0 aliphatic carbocycles. The van der Waals surface area contributed by atoms with Crippen molar-refractivity contribution in [1.82, 2.24) is 5.32 Å². The quantitative estimate of drug-likeness (QED) is 0.881. The van der Waals surface area contributed by atoms with E-state index in [0.717, 1.165) is 5.56 Å². The van der Waals surface area contributed by atoms with E-state index in [9.17, 15) is 4.79 Å². The van der Waals surface area contributed by atoms with Gasteiger partial charge >= 0.3 is 0 Å². The van der Waals surface area contributed by atoms with E-state index < -0.39 is 0 Å². The summed E-state index contributed by atoms with van der Waals surface area (Å²) in [5.74, 6) is 0.176. The van der Waals surface area contributed by atoms with Crippen LogP contribution in [0.25, 0.3) is 0 Å². The molecule has 0 aliphatic rings. The molecule has 0 amide bonds. The fourth-order valence-corrected chi connectivity index (χ4v) is 1.92. The van der Waals surface area contributed by atoms with Gasteiger partial charge in [0.15, 0.2) is 0 Å². The first-order valence-corrected chi connectivity index (χ1v) is 5.91. The monoisotopic (exact) mass is 259 g/mol. The molecule has 4 heteroatoms. The fourth-order valence-electron chi connectivity index (χ4n) is 1.45. The van der Waals surface area contributed by atoms with Crippen molar-refractivity contribution in [3.05, 3.63) is 33.8 Å². The highest BCUT2D eigenvalue weighted by Gasteiger charge is 2.14. The maximum atomic E-state index is 11.8. The van der Waals surface area contributed by atoms with Gasteiger partial charge in [0.25, 0.3) is 0 Å². The number of benzene rings is 1. The number of Topliss-reactive ketones (excluding diaryl/α,β-unsaturated/α-hetero) is 1. The largest absolute Gasteiger partial charge is 0.319 e.